The lowest BCUT2D eigenvalue weighted by Gasteiger charge is -2.19. The van der Waals surface area contributed by atoms with Gasteiger partial charge in [0.25, 0.3) is 0 Å². The summed E-state index contributed by atoms with van der Waals surface area (Å²) in [7, 11) is 1.55. The molecule has 0 bridgehead atoms. The summed E-state index contributed by atoms with van der Waals surface area (Å²) < 4.78 is 0. The van der Waals surface area contributed by atoms with Gasteiger partial charge in [-0.1, -0.05) is 30.3 Å². The van der Waals surface area contributed by atoms with Crippen LogP contribution in [-0.2, 0) is 11.3 Å². The van der Waals surface area contributed by atoms with E-state index >= 15 is 0 Å². The molecule has 4 heteroatoms. The number of rotatable bonds is 4. The maximum absolute atomic E-state index is 11.4. The molecule has 0 saturated carbocycles. The molecule has 0 unspecified atom stereocenters. The molecule has 0 aliphatic rings. The van der Waals surface area contributed by atoms with Crippen LogP contribution in [0.2, 0.25) is 0 Å². The smallest absolute Gasteiger partial charge is 0.317 e. The normalized spacial score (nSPS) is 9.40. The molecular weight excluding hydrogens is 192 g/mol. The molecule has 15 heavy (non-hydrogen) atoms. The molecule has 1 aromatic carbocycles. The molecule has 1 N–H and O–H groups in total. The highest BCUT2D eigenvalue weighted by molar-refractivity contribution is 5.76. The van der Waals surface area contributed by atoms with Gasteiger partial charge in [0.1, 0.15) is 6.29 Å². The Labute approximate surface area is 88.9 Å². The summed E-state index contributed by atoms with van der Waals surface area (Å²) in [5.41, 5.74) is 1.00. The number of amides is 2. The van der Waals surface area contributed by atoms with E-state index in [1.165, 1.54) is 4.90 Å². The average Bonchev–Trinajstić information content (AvgIpc) is 2.29. The molecule has 1 rings (SSSR count). The first-order valence-electron chi connectivity index (χ1n) is 4.72. The highest BCUT2D eigenvalue weighted by atomic mass is 16.2. The largest absolute Gasteiger partial charge is 0.341 e. The maximum Gasteiger partial charge on any atom is 0.317 e. The summed E-state index contributed by atoms with van der Waals surface area (Å²) in [5, 5.41) is 2.50. The molecule has 0 heterocycles. The van der Waals surface area contributed by atoms with E-state index in [4.69, 9.17) is 0 Å². The Bertz CT molecular complexity index is 325. The number of nitrogens with zero attached hydrogens (tertiary/aromatic N) is 1. The standard InChI is InChI=1S/C11H14N2O2/c1-12-11(15)13(7-8-14)9-10-5-3-2-4-6-10/h2-6,8H,7,9H2,1H3,(H,12,15). The molecule has 0 fully saturated rings. The van der Waals surface area contributed by atoms with Crippen molar-refractivity contribution in [2.75, 3.05) is 13.6 Å². The minimum atomic E-state index is -0.244. The Morgan fingerprint density at radius 2 is 2.07 bits per heavy atom. The van der Waals surface area contributed by atoms with Crippen LogP contribution >= 0.6 is 0 Å². The Morgan fingerprint density at radius 3 is 2.60 bits per heavy atom. The number of aldehydes is 1. The van der Waals surface area contributed by atoms with Crippen LogP contribution in [0, 0.1) is 0 Å². The fraction of sp³-hybridized carbons (Fsp3) is 0.273. The average molecular weight is 206 g/mol. The molecule has 0 aliphatic heterocycles. The van der Waals surface area contributed by atoms with Crippen LogP contribution in [0.3, 0.4) is 0 Å². The van der Waals surface area contributed by atoms with Gasteiger partial charge in [-0.3, -0.25) is 0 Å². The van der Waals surface area contributed by atoms with Gasteiger partial charge in [0, 0.05) is 13.6 Å². The summed E-state index contributed by atoms with van der Waals surface area (Å²) >= 11 is 0. The Hall–Kier alpha value is -1.84. The summed E-state index contributed by atoms with van der Waals surface area (Å²) in [6.07, 6.45) is 0.720. The van der Waals surface area contributed by atoms with Gasteiger partial charge in [0.15, 0.2) is 0 Å². The van der Waals surface area contributed by atoms with Crippen molar-refractivity contribution in [1.82, 2.24) is 10.2 Å². The predicted molar refractivity (Wildman–Crippen MR) is 57.4 cm³/mol. The van der Waals surface area contributed by atoms with Crippen LogP contribution in [0.25, 0.3) is 0 Å². The maximum atomic E-state index is 11.4. The van der Waals surface area contributed by atoms with Gasteiger partial charge in [-0.05, 0) is 5.56 Å². The molecule has 0 aromatic heterocycles. The van der Waals surface area contributed by atoms with Crippen molar-refractivity contribution in [2.45, 2.75) is 6.54 Å². The van der Waals surface area contributed by atoms with E-state index < -0.39 is 0 Å². The first kappa shape index (κ1) is 11.2. The van der Waals surface area contributed by atoms with Crippen molar-refractivity contribution in [3.05, 3.63) is 35.9 Å². The van der Waals surface area contributed by atoms with Crippen molar-refractivity contribution in [1.29, 1.82) is 0 Å². The summed E-state index contributed by atoms with van der Waals surface area (Å²) in [4.78, 5) is 23.2. The summed E-state index contributed by atoms with van der Waals surface area (Å²) in [6.45, 7) is 0.549. The zero-order valence-electron chi connectivity index (χ0n) is 8.64. The van der Waals surface area contributed by atoms with E-state index in [9.17, 15) is 9.59 Å². The lowest BCUT2D eigenvalue weighted by molar-refractivity contribution is -0.108. The second-order valence-corrected chi connectivity index (χ2v) is 3.09. The van der Waals surface area contributed by atoms with Gasteiger partial charge in [0.2, 0.25) is 0 Å². The van der Waals surface area contributed by atoms with Crippen LogP contribution in [0.4, 0.5) is 4.79 Å². The van der Waals surface area contributed by atoms with Gasteiger partial charge >= 0.3 is 6.03 Å². The second-order valence-electron chi connectivity index (χ2n) is 3.09. The van der Waals surface area contributed by atoms with Gasteiger partial charge in [-0.15, -0.1) is 0 Å². The number of hydrogen-bond acceptors (Lipinski definition) is 2. The third kappa shape index (κ3) is 3.42. The van der Waals surface area contributed by atoms with Crippen molar-refractivity contribution >= 4 is 12.3 Å². The fourth-order valence-corrected chi connectivity index (χ4v) is 1.27. The number of nitrogens with one attached hydrogen (secondary N) is 1. The first-order valence-corrected chi connectivity index (χ1v) is 4.72. The van der Waals surface area contributed by atoms with Crippen LogP contribution in [-0.4, -0.2) is 30.8 Å². The molecule has 1 aromatic rings. The van der Waals surface area contributed by atoms with E-state index in [0.717, 1.165) is 11.8 Å². The van der Waals surface area contributed by atoms with E-state index in [-0.39, 0.29) is 12.6 Å². The van der Waals surface area contributed by atoms with Crippen LogP contribution in [0.1, 0.15) is 5.56 Å². The second kappa shape index (κ2) is 5.80. The number of urea groups is 1. The van der Waals surface area contributed by atoms with Gasteiger partial charge < -0.3 is 15.0 Å². The molecular formula is C11H14N2O2. The van der Waals surface area contributed by atoms with Crippen molar-refractivity contribution in [2.24, 2.45) is 0 Å². The van der Waals surface area contributed by atoms with E-state index in [2.05, 4.69) is 5.32 Å². The first-order chi connectivity index (χ1) is 7.27. The minimum absolute atomic E-state index is 0.106. The number of hydrogen-bond donors (Lipinski definition) is 1. The molecule has 0 aliphatic carbocycles. The van der Waals surface area contributed by atoms with E-state index in [0.29, 0.717) is 6.54 Å². The highest BCUT2D eigenvalue weighted by Crippen LogP contribution is 2.03. The van der Waals surface area contributed by atoms with Gasteiger partial charge in [-0.25, -0.2) is 4.79 Å². The van der Waals surface area contributed by atoms with E-state index in [1.54, 1.807) is 7.05 Å². The number of benzene rings is 1. The zero-order valence-corrected chi connectivity index (χ0v) is 8.64. The highest BCUT2D eigenvalue weighted by Gasteiger charge is 2.10. The Balaban J connectivity index is 2.66. The van der Waals surface area contributed by atoms with Crippen LogP contribution in [0.15, 0.2) is 30.3 Å². The fourth-order valence-electron chi connectivity index (χ4n) is 1.27. The number of carbonyl (C=O) groups excluding carboxylic acids is 2. The summed E-state index contributed by atoms with van der Waals surface area (Å²) in [6, 6.07) is 9.30. The quantitative estimate of drug-likeness (QED) is 0.748. The van der Waals surface area contributed by atoms with Gasteiger partial charge in [-0.2, -0.15) is 0 Å². The van der Waals surface area contributed by atoms with Gasteiger partial charge in [0.05, 0.1) is 6.54 Å². The lowest BCUT2D eigenvalue weighted by Crippen LogP contribution is -2.38. The van der Waals surface area contributed by atoms with Crippen molar-refractivity contribution < 1.29 is 9.59 Å². The van der Waals surface area contributed by atoms with E-state index in [1.807, 2.05) is 30.3 Å². The molecule has 0 spiro atoms. The predicted octanol–water partition coefficient (Wildman–Crippen LogP) is 1.03. The molecule has 0 saturated heterocycles. The lowest BCUT2D eigenvalue weighted by atomic mass is 10.2. The monoisotopic (exact) mass is 206 g/mol. The van der Waals surface area contributed by atoms with Crippen LogP contribution < -0.4 is 5.32 Å². The molecule has 4 nitrogen and oxygen atoms in total. The molecule has 2 amide bonds. The molecule has 80 valence electrons. The van der Waals surface area contributed by atoms with Crippen LogP contribution in [0.5, 0.6) is 0 Å². The molecule has 0 atom stereocenters. The minimum Gasteiger partial charge on any atom is -0.341 e. The zero-order chi connectivity index (χ0) is 11.1. The topological polar surface area (TPSA) is 49.4 Å². The Morgan fingerprint density at radius 1 is 1.40 bits per heavy atom. The Kier molecular flexibility index (Phi) is 4.34. The molecule has 0 radical (unpaired) electrons. The third-order valence-corrected chi connectivity index (χ3v) is 2.01. The number of carbonyl (C=O) groups is 2. The SMILES string of the molecule is CNC(=O)N(CC=O)Cc1ccccc1. The van der Waals surface area contributed by atoms with Crippen molar-refractivity contribution in [3.63, 3.8) is 0 Å². The van der Waals surface area contributed by atoms with Crippen molar-refractivity contribution in [3.8, 4) is 0 Å². The summed E-state index contributed by atoms with van der Waals surface area (Å²) in [5.74, 6) is 0. The third-order valence-electron chi connectivity index (χ3n) is 2.01.